The second kappa shape index (κ2) is 9.14. The molecule has 2 N–H and O–H groups in total. The zero-order chi connectivity index (χ0) is 18.4. The predicted molar refractivity (Wildman–Crippen MR) is 105 cm³/mol. The summed E-state index contributed by atoms with van der Waals surface area (Å²) in [4.78, 5) is 20.0. The van der Waals surface area contributed by atoms with Gasteiger partial charge in [-0.1, -0.05) is 31.1 Å². The van der Waals surface area contributed by atoms with E-state index in [1.807, 2.05) is 12.1 Å². The molecule has 3 rings (SSSR count). The molecule has 0 aliphatic carbocycles. The Labute approximate surface area is 159 Å². The number of carbonyl (C=O) groups is 1. The summed E-state index contributed by atoms with van der Waals surface area (Å²) in [5.41, 5.74) is 1.78. The number of benzene rings is 1. The van der Waals surface area contributed by atoms with Gasteiger partial charge in [0, 0.05) is 12.0 Å². The summed E-state index contributed by atoms with van der Waals surface area (Å²) in [5, 5.41) is 3.65. The van der Waals surface area contributed by atoms with Gasteiger partial charge in [0.1, 0.15) is 12.3 Å². The van der Waals surface area contributed by atoms with Crippen LogP contribution in [-0.4, -0.2) is 30.6 Å². The summed E-state index contributed by atoms with van der Waals surface area (Å²) in [6.07, 6.45) is 4.41. The van der Waals surface area contributed by atoms with Gasteiger partial charge >= 0.3 is 0 Å². The van der Waals surface area contributed by atoms with Crippen LogP contribution in [-0.2, 0) is 13.0 Å². The van der Waals surface area contributed by atoms with E-state index in [1.165, 1.54) is 17.7 Å². The van der Waals surface area contributed by atoms with Gasteiger partial charge < -0.3 is 9.64 Å². The molecule has 6 heteroatoms. The quantitative estimate of drug-likeness (QED) is 0.699. The van der Waals surface area contributed by atoms with E-state index in [9.17, 15) is 4.79 Å². The number of unbranched alkanes of at least 4 members (excludes halogenated alkanes) is 2. The Morgan fingerprint density at radius 3 is 2.81 bits per heavy atom. The molecule has 2 aromatic rings. The molecule has 1 unspecified atom stereocenters. The number of hydrogen-bond acceptors (Lipinski definition) is 4. The van der Waals surface area contributed by atoms with Crippen LogP contribution in [0.5, 0.6) is 5.75 Å². The second-order valence-electron chi connectivity index (χ2n) is 6.70. The Kier molecular flexibility index (Phi) is 6.63. The Hall–Kier alpha value is -1.92. The van der Waals surface area contributed by atoms with Crippen LogP contribution in [0.1, 0.15) is 54.0 Å². The first kappa shape index (κ1) is 18.9. The van der Waals surface area contributed by atoms with Gasteiger partial charge in [-0.25, -0.2) is 4.98 Å². The molecule has 0 radical (unpaired) electrons. The summed E-state index contributed by atoms with van der Waals surface area (Å²) in [6.45, 7) is 8.38. The first-order chi connectivity index (χ1) is 12.7. The van der Waals surface area contributed by atoms with Crippen LogP contribution in [0.4, 0.5) is 5.13 Å². The van der Waals surface area contributed by atoms with Gasteiger partial charge in [-0.2, -0.15) is 0 Å². The van der Waals surface area contributed by atoms with E-state index in [0.29, 0.717) is 10.7 Å². The van der Waals surface area contributed by atoms with Gasteiger partial charge in [0.2, 0.25) is 0 Å². The van der Waals surface area contributed by atoms with Crippen LogP contribution < -0.4 is 15.0 Å². The van der Waals surface area contributed by atoms with Gasteiger partial charge in [-0.3, -0.25) is 10.1 Å². The average molecular weight is 375 g/mol. The van der Waals surface area contributed by atoms with Crippen LogP contribution in [0.25, 0.3) is 0 Å². The topological polar surface area (TPSA) is 55.7 Å². The number of fused-ring (bicyclic) bond motifs is 1. The number of nitrogens with zero attached hydrogens (tertiary/aromatic N) is 1. The third kappa shape index (κ3) is 4.83. The molecule has 0 fully saturated rings. The lowest BCUT2D eigenvalue weighted by atomic mass is 10.2. The third-order valence-electron chi connectivity index (χ3n) is 4.76. The maximum absolute atomic E-state index is 12.5. The van der Waals surface area contributed by atoms with Crippen molar-refractivity contribution < 1.29 is 14.4 Å². The minimum absolute atomic E-state index is 0.117. The fraction of sp³-hybridized carbons (Fsp3) is 0.500. The summed E-state index contributed by atoms with van der Waals surface area (Å²) in [6, 6.07) is 7.33. The molecule has 0 saturated heterocycles. The van der Waals surface area contributed by atoms with E-state index in [-0.39, 0.29) is 5.91 Å². The van der Waals surface area contributed by atoms with Crippen molar-refractivity contribution in [1.82, 2.24) is 4.98 Å². The first-order valence-corrected chi connectivity index (χ1v) is 10.4. The molecule has 0 spiro atoms. The van der Waals surface area contributed by atoms with Crippen molar-refractivity contribution in [3.63, 3.8) is 0 Å². The van der Waals surface area contributed by atoms with Crippen LogP contribution in [0.3, 0.4) is 0 Å². The van der Waals surface area contributed by atoms with Crippen molar-refractivity contribution in [2.45, 2.75) is 46.1 Å². The minimum Gasteiger partial charge on any atom is -0.494 e. The van der Waals surface area contributed by atoms with Crippen LogP contribution >= 0.6 is 11.3 Å². The molecule has 140 valence electrons. The Balaban J connectivity index is 1.56. The van der Waals surface area contributed by atoms with Crippen LogP contribution in [0.2, 0.25) is 0 Å². The maximum Gasteiger partial charge on any atom is 0.257 e. The van der Waals surface area contributed by atoms with Gasteiger partial charge in [0.25, 0.3) is 5.91 Å². The summed E-state index contributed by atoms with van der Waals surface area (Å²) in [5.74, 6) is 0.693. The number of carbonyl (C=O) groups excluding carboxylic acids is 1. The molecule has 0 bridgehead atoms. The Morgan fingerprint density at radius 1 is 1.27 bits per heavy atom. The Morgan fingerprint density at radius 2 is 2.08 bits per heavy atom. The molecule has 1 amide bonds. The Bertz CT molecular complexity index is 727. The highest BCUT2D eigenvalue weighted by molar-refractivity contribution is 7.15. The molecule has 1 aromatic heterocycles. The highest BCUT2D eigenvalue weighted by Crippen LogP contribution is 2.25. The molecule has 1 aliphatic heterocycles. The molecule has 2 heterocycles. The van der Waals surface area contributed by atoms with Crippen molar-refractivity contribution in [3.05, 3.63) is 40.4 Å². The number of anilines is 1. The lowest BCUT2D eigenvalue weighted by molar-refractivity contribution is -0.913. The molecular formula is C20H28N3O2S+. The lowest BCUT2D eigenvalue weighted by Gasteiger charge is -2.20. The number of likely N-dealkylation sites (N-methyl/N-ethyl adjacent to an activating group) is 1. The third-order valence-corrected chi connectivity index (χ3v) is 5.77. The fourth-order valence-corrected chi connectivity index (χ4v) is 4.17. The summed E-state index contributed by atoms with van der Waals surface area (Å²) in [7, 11) is 0. The first-order valence-electron chi connectivity index (χ1n) is 9.56. The van der Waals surface area contributed by atoms with Gasteiger partial charge in [-0.05, 0) is 37.6 Å². The van der Waals surface area contributed by atoms with Crippen molar-refractivity contribution in [1.29, 1.82) is 0 Å². The number of thiazole rings is 1. The molecule has 1 aromatic carbocycles. The van der Waals surface area contributed by atoms with E-state index in [4.69, 9.17) is 4.74 Å². The fourth-order valence-electron chi connectivity index (χ4n) is 3.10. The average Bonchev–Trinajstić information content (AvgIpc) is 3.06. The number of rotatable bonds is 8. The molecule has 0 saturated carbocycles. The van der Waals surface area contributed by atoms with E-state index < -0.39 is 0 Å². The second-order valence-corrected chi connectivity index (χ2v) is 7.79. The minimum atomic E-state index is -0.117. The lowest BCUT2D eigenvalue weighted by Crippen LogP contribution is -3.11. The van der Waals surface area contributed by atoms with E-state index >= 15 is 0 Å². The molecule has 5 nitrogen and oxygen atoms in total. The SMILES string of the molecule is CCCCCOc1ccc(C(=O)Nc2nc3c(s2)C[NH+](CC)CC3)cc1. The van der Waals surface area contributed by atoms with Crippen molar-refractivity contribution in [2.24, 2.45) is 0 Å². The van der Waals surface area contributed by atoms with Gasteiger partial charge in [-0.15, -0.1) is 0 Å². The van der Waals surface area contributed by atoms with E-state index in [1.54, 1.807) is 28.4 Å². The van der Waals surface area contributed by atoms with Crippen molar-refractivity contribution >= 4 is 22.4 Å². The molecule has 1 atom stereocenters. The van der Waals surface area contributed by atoms with Crippen LogP contribution in [0.15, 0.2) is 24.3 Å². The number of quaternary nitrogens is 1. The van der Waals surface area contributed by atoms with Gasteiger partial charge in [0.15, 0.2) is 5.13 Å². The van der Waals surface area contributed by atoms with E-state index in [2.05, 4.69) is 24.1 Å². The number of hydrogen-bond donors (Lipinski definition) is 2. The number of nitrogens with one attached hydrogen (secondary N) is 2. The molecular weight excluding hydrogens is 346 g/mol. The van der Waals surface area contributed by atoms with Crippen molar-refractivity contribution in [2.75, 3.05) is 25.0 Å². The smallest absolute Gasteiger partial charge is 0.257 e. The largest absolute Gasteiger partial charge is 0.494 e. The maximum atomic E-state index is 12.5. The number of amides is 1. The highest BCUT2D eigenvalue weighted by atomic mass is 32.1. The number of ether oxygens (including phenoxy) is 1. The highest BCUT2D eigenvalue weighted by Gasteiger charge is 2.23. The standard InChI is InChI=1S/C20H27N3O2S/c1-3-5-6-13-25-16-9-7-15(8-10-16)19(24)22-20-21-17-11-12-23(4-2)14-18(17)26-20/h7-10H,3-6,11-14H2,1-2H3,(H,21,22,24)/p+1. The molecule has 26 heavy (non-hydrogen) atoms. The van der Waals surface area contributed by atoms with Crippen LogP contribution in [0, 0.1) is 0 Å². The van der Waals surface area contributed by atoms with E-state index in [0.717, 1.165) is 50.5 Å². The predicted octanol–water partition coefficient (Wildman–Crippen LogP) is 2.93. The molecule has 1 aliphatic rings. The summed E-state index contributed by atoms with van der Waals surface area (Å²) < 4.78 is 5.69. The van der Waals surface area contributed by atoms with Gasteiger partial charge in [0.05, 0.1) is 30.3 Å². The normalized spacial score (nSPS) is 16.2. The van der Waals surface area contributed by atoms with Crippen molar-refractivity contribution in [3.8, 4) is 5.75 Å². The zero-order valence-corrected chi connectivity index (χ0v) is 16.5. The summed E-state index contributed by atoms with van der Waals surface area (Å²) >= 11 is 1.61. The monoisotopic (exact) mass is 374 g/mol. The zero-order valence-electron chi connectivity index (χ0n) is 15.6. The number of aromatic nitrogens is 1.